The Bertz CT molecular complexity index is 646. The van der Waals surface area contributed by atoms with Gasteiger partial charge in [0.2, 0.25) is 5.92 Å². The average Bonchev–Trinajstić information content (AvgIpc) is 2.36. The van der Waals surface area contributed by atoms with Crippen LogP contribution in [0.5, 0.6) is 0 Å². The van der Waals surface area contributed by atoms with Crippen molar-refractivity contribution in [2.45, 2.75) is 24.7 Å². The van der Waals surface area contributed by atoms with Crippen LogP contribution in [0, 0.1) is 0 Å². The van der Waals surface area contributed by atoms with E-state index in [1.807, 2.05) is 0 Å². The minimum absolute atomic E-state index is 0.237. The first-order chi connectivity index (χ1) is 9.03. The fourth-order valence-electron chi connectivity index (χ4n) is 2.20. The van der Waals surface area contributed by atoms with Crippen molar-refractivity contribution in [3.8, 4) is 11.4 Å². The SMILES string of the molecule is O=c1cc(C2CC(F)(F)C2)nc(-c2ccncc2)[nH]1. The maximum absolute atomic E-state index is 12.9. The first-order valence-electron chi connectivity index (χ1n) is 5.93. The van der Waals surface area contributed by atoms with E-state index in [1.165, 1.54) is 6.07 Å². The second-order valence-electron chi connectivity index (χ2n) is 4.72. The van der Waals surface area contributed by atoms with Gasteiger partial charge in [0.25, 0.3) is 5.56 Å². The summed E-state index contributed by atoms with van der Waals surface area (Å²) in [5, 5.41) is 0. The van der Waals surface area contributed by atoms with Crippen LogP contribution in [0.2, 0.25) is 0 Å². The molecule has 0 radical (unpaired) electrons. The molecule has 4 nitrogen and oxygen atoms in total. The fourth-order valence-corrected chi connectivity index (χ4v) is 2.20. The summed E-state index contributed by atoms with van der Waals surface area (Å²) in [4.78, 5) is 22.4. The molecular weight excluding hydrogens is 252 g/mol. The standard InChI is InChI=1S/C13H11F2N3O/c14-13(15)6-9(7-13)10-5-11(19)18-12(17-10)8-1-3-16-4-2-8/h1-5,9H,6-7H2,(H,17,18,19). The van der Waals surface area contributed by atoms with Crippen molar-refractivity contribution in [1.82, 2.24) is 15.0 Å². The lowest BCUT2D eigenvalue weighted by Crippen LogP contribution is -2.34. The van der Waals surface area contributed by atoms with Crippen molar-refractivity contribution in [3.05, 3.63) is 46.6 Å². The summed E-state index contributed by atoms with van der Waals surface area (Å²) in [6, 6.07) is 4.71. The van der Waals surface area contributed by atoms with Crippen LogP contribution in [-0.4, -0.2) is 20.9 Å². The molecule has 0 spiro atoms. The second-order valence-corrected chi connectivity index (χ2v) is 4.72. The molecular formula is C13H11F2N3O. The highest BCUT2D eigenvalue weighted by atomic mass is 19.3. The van der Waals surface area contributed by atoms with E-state index in [0.29, 0.717) is 17.1 Å². The van der Waals surface area contributed by atoms with Gasteiger partial charge in [-0.05, 0) is 12.1 Å². The van der Waals surface area contributed by atoms with Crippen molar-refractivity contribution >= 4 is 0 Å². The van der Waals surface area contributed by atoms with Crippen LogP contribution in [0.1, 0.15) is 24.5 Å². The molecule has 2 aromatic rings. The minimum Gasteiger partial charge on any atom is -0.307 e. The van der Waals surface area contributed by atoms with Gasteiger partial charge < -0.3 is 4.98 Å². The predicted octanol–water partition coefficient (Wildman–Crippen LogP) is 2.34. The highest BCUT2D eigenvalue weighted by molar-refractivity contribution is 5.53. The van der Waals surface area contributed by atoms with Gasteiger partial charge in [0.1, 0.15) is 5.82 Å². The number of pyridine rings is 1. The molecule has 19 heavy (non-hydrogen) atoms. The van der Waals surface area contributed by atoms with Crippen LogP contribution < -0.4 is 5.56 Å². The molecule has 2 heterocycles. The van der Waals surface area contributed by atoms with Gasteiger partial charge in [-0.25, -0.2) is 13.8 Å². The van der Waals surface area contributed by atoms with E-state index in [4.69, 9.17) is 0 Å². The number of aromatic nitrogens is 3. The van der Waals surface area contributed by atoms with Crippen molar-refractivity contribution in [2.75, 3.05) is 0 Å². The molecule has 6 heteroatoms. The normalized spacial score (nSPS) is 18.0. The zero-order valence-electron chi connectivity index (χ0n) is 9.94. The van der Waals surface area contributed by atoms with Crippen LogP contribution in [0.3, 0.4) is 0 Å². The van der Waals surface area contributed by atoms with E-state index >= 15 is 0 Å². The van der Waals surface area contributed by atoms with Crippen LogP contribution in [0.4, 0.5) is 8.78 Å². The quantitative estimate of drug-likeness (QED) is 0.904. The van der Waals surface area contributed by atoms with E-state index in [9.17, 15) is 13.6 Å². The first kappa shape index (κ1) is 12.0. The number of hydrogen-bond acceptors (Lipinski definition) is 3. The van der Waals surface area contributed by atoms with E-state index in [1.54, 1.807) is 24.5 Å². The molecule has 1 aliphatic carbocycles. The third-order valence-electron chi connectivity index (χ3n) is 3.22. The van der Waals surface area contributed by atoms with E-state index in [-0.39, 0.29) is 24.3 Å². The van der Waals surface area contributed by atoms with Crippen molar-refractivity contribution in [1.29, 1.82) is 0 Å². The first-order valence-corrected chi connectivity index (χ1v) is 5.93. The second kappa shape index (κ2) is 4.22. The average molecular weight is 263 g/mol. The molecule has 0 aromatic carbocycles. The van der Waals surface area contributed by atoms with Gasteiger partial charge in [0, 0.05) is 42.8 Å². The van der Waals surface area contributed by atoms with Crippen LogP contribution in [0.25, 0.3) is 11.4 Å². The Kier molecular flexibility index (Phi) is 2.66. The molecule has 0 bridgehead atoms. The third-order valence-corrected chi connectivity index (χ3v) is 3.22. The Hall–Kier alpha value is -2.11. The highest BCUT2D eigenvalue weighted by Crippen LogP contribution is 2.47. The topological polar surface area (TPSA) is 58.6 Å². The Morgan fingerprint density at radius 2 is 1.95 bits per heavy atom. The zero-order chi connectivity index (χ0) is 13.5. The fraction of sp³-hybridized carbons (Fsp3) is 0.308. The number of alkyl halides is 2. The Labute approximate surface area is 107 Å². The lowest BCUT2D eigenvalue weighted by atomic mass is 9.79. The molecule has 0 atom stereocenters. The molecule has 0 amide bonds. The van der Waals surface area contributed by atoms with Gasteiger partial charge in [-0.15, -0.1) is 0 Å². The number of H-pyrrole nitrogens is 1. The van der Waals surface area contributed by atoms with Crippen LogP contribution in [0.15, 0.2) is 35.4 Å². The number of hydrogen-bond donors (Lipinski definition) is 1. The molecule has 98 valence electrons. The Morgan fingerprint density at radius 3 is 2.58 bits per heavy atom. The lowest BCUT2D eigenvalue weighted by Gasteiger charge is -2.34. The molecule has 1 N–H and O–H groups in total. The maximum atomic E-state index is 12.9. The molecule has 3 rings (SSSR count). The largest absolute Gasteiger partial charge is 0.307 e. The van der Waals surface area contributed by atoms with Gasteiger partial charge in [-0.2, -0.15) is 0 Å². The Morgan fingerprint density at radius 1 is 1.26 bits per heavy atom. The maximum Gasteiger partial charge on any atom is 0.251 e. The van der Waals surface area contributed by atoms with Gasteiger partial charge in [0.05, 0.1) is 5.69 Å². The van der Waals surface area contributed by atoms with Crippen molar-refractivity contribution in [3.63, 3.8) is 0 Å². The molecule has 0 unspecified atom stereocenters. The number of nitrogens with one attached hydrogen (secondary N) is 1. The zero-order valence-corrected chi connectivity index (χ0v) is 9.94. The summed E-state index contributed by atoms with van der Waals surface area (Å²) < 4.78 is 25.8. The van der Waals surface area contributed by atoms with E-state index in [0.717, 1.165) is 0 Å². The summed E-state index contributed by atoms with van der Waals surface area (Å²) in [6.45, 7) is 0. The minimum atomic E-state index is -2.62. The van der Waals surface area contributed by atoms with Crippen molar-refractivity contribution < 1.29 is 8.78 Å². The summed E-state index contributed by atoms with van der Waals surface area (Å²) in [7, 11) is 0. The van der Waals surface area contributed by atoms with Gasteiger partial charge in [-0.3, -0.25) is 9.78 Å². The smallest absolute Gasteiger partial charge is 0.251 e. The highest BCUT2D eigenvalue weighted by Gasteiger charge is 2.46. The summed E-state index contributed by atoms with van der Waals surface area (Å²) in [5.74, 6) is -2.57. The predicted molar refractivity (Wildman–Crippen MR) is 65.0 cm³/mol. The molecule has 1 aliphatic rings. The van der Waals surface area contributed by atoms with Crippen LogP contribution >= 0.6 is 0 Å². The summed E-state index contributed by atoms with van der Waals surface area (Å²) in [5.41, 5.74) is 0.813. The Balaban J connectivity index is 1.96. The number of halogens is 2. The monoisotopic (exact) mass is 263 g/mol. The van der Waals surface area contributed by atoms with Crippen molar-refractivity contribution in [2.24, 2.45) is 0 Å². The van der Waals surface area contributed by atoms with E-state index < -0.39 is 5.92 Å². The number of aromatic amines is 1. The molecule has 0 saturated heterocycles. The lowest BCUT2D eigenvalue weighted by molar-refractivity contribution is -0.0876. The number of nitrogens with zero attached hydrogens (tertiary/aromatic N) is 2. The van der Waals surface area contributed by atoms with Gasteiger partial charge in [-0.1, -0.05) is 0 Å². The molecule has 2 aromatic heterocycles. The summed E-state index contributed by atoms with van der Waals surface area (Å²) in [6.07, 6.45) is 2.69. The van der Waals surface area contributed by atoms with Gasteiger partial charge in [0.15, 0.2) is 0 Å². The molecule has 0 aliphatic heterocycles. The van der Waals surface area contributed by atoms with Gasteiger partial charge >= 0.3 is 0 Å². The molecule has 1 fully saturated rings. The third kappa shape index (κ3) is 2.38. The molecule has 1 saturated carbocycles. The van der Waals surface area contributed by atoms with E-state index in [2.05, 4.69) is 15.0 Å². The summed E-state index contributed by atoms with van der Waals surface area (Å²) >= 11 is 0. The number of rotatable bonds is 2. The van der Waals surface area contributed by atoms with Crippen LogP contribution in [-0.2, 0) is 0 Å².